The first-order valence-corrected chi connectivity index (χ1v) is 9.98. The van der Waals surface area contributed by atoms with Crippen molar-refractivity contribution in [3.8, 4) is 6.07 Å². The number of rotatable bonds is 5. The van der Waals surface area contributed by atoms with Crippen molar-refractivity contribution in [3.63, 3.8) is 0 Å². The Kier molecular flexibility index (Phi) is 5.94. The van der Waals surface area contributed by atoms with Crippen molar-refractivity contribution in [2.45, 2.75) is 6.54 Å². The number of halogens is 2. The van der Waals surface area contributed by atoms with E-state index < -0.39 is 0 Å². The van der Waals surface area contributed by atoms with Crippen molar-refractivity contribution in [1.82, 2.24) is 9.97 Å². The SMILES string of the molecule is N#Cc1cnc2cc(/C=C/c3ccncc3)ccc2c1NCc1ccc(Cl)cc1Cl. The highest BCUT2D eigenvalue weighted by Gasteiger charge is 2.10. The van der Waals surface area contributed by atoms with Gasteiger partial charge in [-0.25, -0.2) is 0 Å². The first kappa shape index (κ1) is 19.9. The Bertz CT molecular complexity index is 1280. The molecule has 0 radical (unpaired) electrons. The summed E-state index contributed by atoms with van der Waals surface area (Å²) in [5.41, 5.74) is 5.00. The van der Waals surface area contributed by atoms with Crippen molar-refractivity contribution in [2.75, 3.05) is 5.32 Å². The number of hydrogen-bond donors (Lipinski definition) is 1. The molecule has 4 aromatic rings. The predicted octanol–water partition coefficient (Wildman–Crippen LogP) is 6.59. The topological polar surface area (TPSA) is 61.6 Å². The van der Waals surface area contributed by atoms with Crippen LogP contribution >= 0.6 is 23.2 Å². The molecular formula is C24H16Cl2N4. The highest BCUT2D eigenvalue weighted by atomic mass is 35.5. The van der Waals surface area contributed by atoms with Gasteiger partial charge in [-0.2, -0.15) is 5.26 Å². The molecule has 0 spiro atoms. The van der Waals surface area contributed by atoms with Gasteiger partial charge in [-0.15, -0.1) is 0 Å². The maximum Gasteiger partial charge on any atom is 0.103 e. The van der Waals surface area contributed by atoms with Crippen LogP contribution in [0.4, 0.5) is 5.69 Å². The molecule has 0 aliphatic carbocycles. The molecular weight excluding hydrogens is 415 g/mol. The number of benzene rings is 2. The summed E-state index contributed by atoms with van der Waals surface area (Å²) in [7, 11) is 0. The summed E-state index contributed by atoms with van der Waals surface area (Å²) in [6, 6.07) is 17.4. The molecule has 4 nitrogen and oxygen atoms in total. The highest BCUT2D eigenvalue weighted by Crippen LogP contribution is 2.29. The van der Waals surface area contributed by atoms with Crippen molar-refractivity contribution in [3.05, 3.63) is 99.4 Å². The van der Waals surface area contributed by atoms with E-state index in [0.717, 1.165) is 33.3 Å². The second-order valence-electron chi connectivity index (χ2n) is 6.64. The second kappa shape index (κ2) is 8.96. The van der Waals surface area contributed by atoms with Crippen molar-refractivity contribution >= 4 is 51.9 Å². The second-order valence-corrected chi connectivity index (χ2v) is 7.48. The number of anilines is 1. The molecule has 1 N–H and O–H groups in total. The molecule has 4 rings (SSSR count). The number of nitrogens with zero attached hydrogens (tertiary/aromatic N) is 3. The van der Waals surface area contributed by atoms with Gasteiger partial charge in [0.25, 0.3) is 0 Å². The van der Waals surface area contributed by atoms with E-state index in [-0.39, 0.29) is 0 Å². The van der Waals surface area contributed by atoms with Gasteiger partial charge in [0, 0.05) is 40.6 Å². The van der Waals surface area contributed by atoms with Crippen LogP contribution in [0.5, 0.6) is 0 Å². The molecule has 0 amide bonds. The molecule has 0 aliphatic rings. The van der Waals surface area contributed by atoms with E-state index >= 15 is 0 Å². The van der Waals surface area contributed by atoms with E-state index in [9.17, 15) is 5.26 Å². The van der Waals surface area contributed by atoms with Crippen LogP contribution < -0.4 is 5.32 Å². The quantitative estimate of drug-likeness (QED) is 0.387. The molecule has 30 heavy (non-hydrogen) atoms. The van der Waals surface area contributed by atoms with Gasteiger partial charge in [-0.1, -0.05) is 53.6 Å². The van der Waals surface area contributed by atoms with E-state index in [0.29, 0.717) is 22.2 Å². The monoisotopic (exact) mass is 430 g/mol. The number of nitriles is 1. The van der Waals surface area contributed by atoms with Gasteiger partial charge in [-0.05, 0) is 47.0 Å². The van der Waals surface area contributed by atoms with E-state index in [2.05, 4.69) is 21.4 Å². The summed E-state index contributed by atoms with van der Waals surface area (Å²) in [4.78, 5) is 8.49. The fourth-order valence-electron chi connectivity index (χ4n) is 3.11. The van der Waals surface area contributed by atoms with E-state index in [4.69, 9.17) is 23.2 Å². The van der Waals surface area contributed by atoms with E-state index in [1.54, 1.807) is 30.7 Å². The molecule has 2 aromatic heterocycles. The summed E-state index contributed by atoms with van der Waals surface area (Å²) in [5.74, 6) is 0. The van der Waals surface area contributed by atoms with Gasteiger partial charge in [0.1, 0.15) is 6.07 Å². The molecule has 0 saturated carbocycles. The average Bonchev–Trinajstić information content (AvgIpc) is 2.77. The lowest BCUT2D eigenvalue weighted by atomic mass is 10.1. The summed E-state index contributed by atoms with van der Waals surface area (Å²) < 4.78 is 0. The molecule has 2 aromatic carbocycles. The Hall–Kier alpha value is -3.39. The van der Waals surface area contributed by atoms with Gasteiger partial charge >= 0.3 is 0 Å². The lowest BCUT2D eigenvalue weighted by molar-refractivity contribution is 1.15. The zero-order chi connectivity index (χ0) is 20.9. The predicted molar refractivity (Wildman–Crippen MR) is 123 cm³/mol. The summed E-state index contributed by atoms with van der Waals surface area (Å²) >= 11 is 12.3. The molecule has 0 fully saturated rings. The number of pyridine rings is 2. The maximum absolute atomic E-state index is 9.54. The van der Waals surface area contributed by atoms with Gasteiger partial charge < -0.3 is 5.32 Å². The third-order valence-corrected chi connectivity index (χ3v) is 5.25. The summed E-state index contributed by atoms with van der Waals surface area (Å²) in [6.07, 6.45) is 9.15. The van der Waals surface area contributed by atoms with Crippen LogP contribution in [-0.2, 0) is 6.54 Å². The zero-order valence-electron chi connectivity index (χ0n) is 15.8. The number of fused-ring (bicyclic) bond motifs is 1. The largest absolute Gasteiger partial charge is 0.379 e. The van der Waals surface area contributed by atoms with E-state index in [1.807, 2.05) is 48.6 Å². The lowest BCUT2D eigenvalue weighted by Gasteiger charge is -2.13. The summed E-state index contributed by atoms with van der Waals surface area (Å²) in [5, 5.41) is 14.9. The minimum absolute atomic E-state index is 0.466. The smallest absolute Gasteiger partial charge is 0.103 e. The molecule has 2 heterocycles. The first-order valence-electron chi connectivity index (χ1n) is 9.23. The molecule has 146 valence electrons. The highest BCUT2D eigenvalue weighted by molar-refractivity contribution is 6.35. The number of hydrogen-bond acceptors (Lipinski definition) is 4. The first-order chi connectivity index (χ1) is 14.6. The minimum Gasteiger partial charge on any atom is -0.379 e. The Morgan fingerprint density at radius 1 is 0.967 bits per heavy atom. The zero-order valence-corrected chi connectivity index (χ0v) is 17.3. The summed E-state index contributed by atoms with van der Waals surface area (Å²) in [6.45, 7) is 0.466. The normalized spacial score (nSPS) is 11.0. The van der Waals surface area contributed by atoms with Crippen LogP contribution in [0.25, 0.3) is 23.1 Å². The van der Waals surface area contributed by atoms with Crippen LogP contribution in [-0.4, -0.2) is 9.97 Å². The minimum atomic E-state index is 0.466. The van der Waals surface area contributed by atoms with Crippen LogP contribution in [0.15, 0.2) is 67.1 Å². The maximum atomic E-state index is 9.54. The lowest BCUT2D eigenvalue weighted by Crippen LogP contribution is -2.03. The molecule has 6 heteroatoms. The number of aromatic nitrogens is 2. The fourth-order valence-corrected chi connectivity index (χ4v) is 3.58. The van der Waals surface area contributed by atoms with Crippen LogP contribution in [0.1, 0.15) is 22.3 Å². The Morgan fingerprint density at radius 3 is 2.53 bits per heavy atom. The third kappa shape index (κ3) is 4.44. The van der Waals surface area contributed by atoms with Gasteiger partial charge in [-0.3, -0.25) is 9.97 Å². The third-order valence-electron chi connectivity index (χ3n) is 4.66. The van der Waals surface area contributed by atoms with Crippen LogP contribution in [0.3, 0.4) is 0 Å². The average molecular weight is 431 g/mol. The Morgan fingerprint density at radius 2 is 1.77 bits per heavy atom. The standard InChI is InChI=1S/C24H16Cl2N4/c25-20-5-4-18(22(26)12-20)14-30-24-19(13-27)15-29-23-11-17(3-6-21(23)24)2-1-16-7-9-28-10-8-16/h1-12,15H,14H2,(H,29,30)/b2-1+. The van der Waals surface area contributed by atoms with Crippen molar-refractivity contribution in [2.24, 2.45) is 0 Å². The molecule has 0 saturated heterocycles. The molecule has 0 aliphatic heterocycles. The van der Waals surface area contributed by atoms with E-state index in [1.165, 1.54) is 0 Å². The Balaban J connectivity index is 1.65. The Labute approximate surface area is 184 Å². The van der Waals surface area contributed by atoms with Crippen LogP contribution in [0, 0.1) is 11.3 Å². The van der Waals surface area contributed by atoms with Crippen LogP contribution in [0.2, 0.25) is 10.0 Å². The molecule has 0 bridgehead atoms. The van der Waals surface area contributed by atoms with Gasteiger partial charge in [0.2, 0.25) is 0 Å². The van der Waals surface area contributed by atoms with Gasteiger partial charge in [0.15, 0.2) is 0 Å². The molecule has 0 unspecified atom stereocenters. The molecule has 0 atom stereocenters. The van der Waals surface area contributed by atoms with Crippen molar-refractivity contribution in [1.29, 1.82) is 5.26 Å². The van der Waals surface area contributed by atoms with Crippen molar-refractivity contribution < 1.29 is 0 Å². The number of nitrogens with one attached hydrogen (secondary N) is 1. The fraction of sp³-hybridized carbons (Fsp3) is 0.0417. The van der Waals surface area contributed by atoms with Gasteiger partial charge in [0.05, 0.1) is 16.8 Å².